The van der Waals surface area contributed by atoms with Gasteiger partial charge in [-0.15, -0.1) is 11.8 Å². The second kappa shape index (κ2) is 6.52. The number of aromatic nitrogens is 1. The van der Waals surface area contributed by atoms with E-state index in [0.717, 1.165) is 38.1 Å². The van der Waals surface area contributed by atoms with Crippen LogP contribution in [0.3, 0.4) is 0 Å². The Hall–Kier alpha value is -2.46. The molecule has 4 aliphatic rings. The van der Waals surface area contributed by atoms with Crippen LogP contribution in [0.25, 0.3) is 0 Å². The van der Waals surface area contributed by atoms with Crippen molar-refractivity contribution in [3.05, 3.63) is 50.2 Å². The van der Waals surface area contributed by atoms with Crippen molar-refractivity contribution < 1.29 is 23.9 Å². The summed E-state index contributed by atoms with van der Waals surface area (Å²) in [5.74, 6) is -3.62. The molecule has 31 heavy (non-hydrogen) atoms. The topological polar surface area (TPSA) is 108 Å². The average molecular weight is 461 g/mol. The summed E-state index contributed by atoms with van der Waals surface area (Å²) in [7, 11) is 0. The summed E-state index contributed by atoms with van der Waals surface area (Å²) in [6.45, 7) is -0.603. The fourth-order valence-electron chi connectivity index (χ4n) is 6.41. The maximum atomic E-state index is 13.6. The normalized spacial score (nSPS) is 35.3. The lowest BCUT2D eigenvalue weighted by atomic mass is 9.68. The Morgan fingerprint density at radius 3 is 2.48 bits per heavy atom. The Balaban J connectivity index is 1.45. The molecule has 2 aliphatic heterocycles. The number of carboxylic acids is 1. The molecule has 7 nitrogen and oxygen atoms in total. The van der Waals surface area contributed by atoms with Crippen LogP contribution >= 0.6 is 23.1 Å². The summed E-state index contributed by atoms with van der Waals surface area (Å²) in [4.78, 5) is 53.9. The van der Waals surface area contributed by atoms with Gasteiger partial charge in [-0.3, -0.25) is 24.1 Å². The van der Waals surface area contributed by atoms with Gasteiger partial charge in [0.05, 0.1) is 16.9 Å². The highest BCUT2D eigenvalue weighted by Crippen LogP contribution is 2.68. The van der Waals surface area contributed by atoms with E-state index in [2.05, 4.69) is 4.98 Å². The predicted octanol–water partition coefficient (Wildman–Crippen LogP) is 2.13. The second-order valence-electron chi connectivity index (χ2n) is 8.67. The van der Waals surface area contributed by atoms with Gasteiger partial charge in [0.1, 0.15) is 12.4 Å². The van der Waals surface area contributed by atoms with Crippen molar-refractivity contribution in [2.45, 2.75) is 22.6 Å². The first-order valence-corrected chi connectivity index (χ1v) is 11.8. The Bertz CT molecular complexity index is 1190. The van der Waals surface area contributed by atoms with Crippen molar-refractivity contribution in [3.8, 4) is 0 Å². The number of likely N-dealkylation sites (tertiary alicyclic amines) is 1. The highest BCUT2D eigenvalue weighted by atomic mass is 32.2. The lowest BCUT2D eigenvalue weighted by Crippen LogP contribution is -2.42. The van der Waals surface area contributed by atoms with Crippen LogP contribution in [0.1, 0.15) is 22.8 Å². The Labute approximate surface area is 183 Å². The number of fused-ring (bicyclic) bond motifs is 9. The summed E-state index contributed by atoms with van der Waals surface area (Å²) in [6.07, 6.45) is 0.729. The zero-order valence-electron chi connectivity index (χ0n) is 16.0. The van der Waals surface area contributed by atoms with Gasteiger partial charge in [0, 0.05) is 16.0 Å². The van der Waals surface area contributed by atoms with Crippen LogP contribution in [0.15, 0.2) is 34.1 Å². The number of rotatable bonds is 3. The molecule has 3 fully saturated rings. The number of carboxylic acid groups (broad SMARTS) is 1. The average Bonchev–Trinajstić information content (AvgIpc) is 3.44. The zero-order chi connectivity index (χ0) is 21.6. The number of benzene rings is 1. The third kappa shape index (κ3) is 2.57. The van der Waals surface area contributed by atoms with E-state index in [4.69, 9.17) is 5.11 Å². The molecule has 1 aromatic heterocycles. The van der Waals surface area contributed by atoms with E-state index in [1.165, 1.54) is 12.1 Å². The van der Waals surface area contributed by atoms with Crippen molar-refractivity contribution in [2.75, 3.05) is 6.54 Å². The van der Waals surface area contributed by atoms with Crippen LogP contribution in [-0.4, -0.2) is 44.6 Å². The fourth-order valence-corrected chi connectivity index (χ4v) is 9.30. The molecule has 160 valence electrons. The van der Waals surface area contributed by atoms with Crippen LogP contribution in [0.4, 0.5) is 4.39 Å². The van der Waals surface area contributed by atoms with Crippen molar-refractivity contribution in [2.24, 2.45) is 29.6 Å². The summed E-state index contributed by atoms with van der Waals surface area (Å²) in [5, 5.41) is 9.96. The first-order valence-electron chi connectivity index (χ1n) is 10.1. The number of thiazole rings is 1. The third-order valence-corrected chi connectivity index (χ3v) is 9.93. The van der Waals surface area contributed by atoms with E-state index in [1.54, 1.807) is 23.9 Å². The lowest BCUT2D eigenvalue weighted by Gasteiger charge is -2.43. The van der Waals surface area contributed by atoms with E-state index in [0.29, 0.717) is 0 Å². The number of carbonyl (C=O) groups is 3. The van der Waals surface area contributed by atoms with Crippen molar-refractivity contribution in [1.29, 1.82) is 0 Å². The molecule has 0 radical (unpaired) electrons. The van der Waals surface area contributed by atoms with E-state index < -0.39 is 24.3 Å². The molecule has 0 unspecified atom stereocenters. The van der Waals surface area contributed by atoms with Gasteiger partial charge in [-0.2, -0.15) is 0 Å². The van der Waals surface area contributed by atoms with Crippen LogP contribution in [0.5, 0.6) is 0 Å². The number of hydrogen-bond acceptors (Lipinski definition) is 6. The number of aromatic amines is 1. The quantitative estimate of drug-likeness (QED) is 0.680. The Morgan fingerprint density at radius 2 is 1.81 bits per heavy atom. The van der Waals surface area contributed by atoms with Gasteiger partial charge in [-0.05, 0) is 41.9 Å². The molecule has 2 aromatic rings. The molecule has 10 heteroatoms. The zero-order valence-corrected chi connectivity index (χ0v) is 17.6. The summed E-state index contributed by atoms with van der Waals surface area (Å²) in [6, 6.07) is 6.25. The molecule has 1 aromatic carbocycles. The largest absolute Gasteiger partial charge is 0.480 e. The minimum absolute atomic E-state index is 0.0159. The molecule has 2 bridgehead atoms. The van der Waals surface area contributed by atoms with Crippen LogP contribution in [0.2, 0.25) is 0 Å². The molecule has 0 spiro atoms. The number of aliphatic carboxylic acids is 1. The minimum Gasteiger partial charge on any atom is -0.480 e. The number of nitrogens with zero attached hydrogens (tertiary/aromatic N) is 1. The van der Waals surface area contributed by atoms with E-state index in [1.807, 2.05) is 0 Å². The number of amides is 2. The van der Waals surface area contributed by atoms with Gasteiger partial charge in [0.15, 0.2) is 0 Å². The number of thioether (sulfide) groups is 1. The smallest absolute Gasteiger partial charge is 0.323 e. The summed E-state index contributed by atoms with van der Waals surface area (Å²) < 4.78 is 13.6. The molecule has 2 amide bonds. The van der Waals surface area contributed by atoms with Gasteiger partial charge in [-0.25, -0.2) is 4.39 Å². The fraction of sp³-hybridized carbons (Fsp3) is 0.429. The van der Waals surface area contributed by atoms with E-state index in [9.17, 15) is 23.6 Å². The number of imide groups is 1. The van der Waals surface area contributed by atoms with Crippen molar-refractivity contribution in [1.82, 2.24) is 9.88 Å². The number of nitrogens with one attached hydrogen (secondary N) is 1. The standard InChI is InChI=1S/C21H17FN2O5S2/c22-8-3-1-7(2-4-8)12-13-9-5-10(16(13)30-18-17(12)31-21(29)23-18)15-14(9)19(27)24(20(15)28)6-11(25)26/h1-4,9-10,12-16H,5-6H2,(H,23,29)(H,25,26)/t9-,10-,12+,13-,14+,15-,16-/m1/s1. The molecule has 2 N–H and O–H groups in total. The van der Waals surface area contributed by atoms with E-state index >= 15 is 0 Å². The molecular weight excluding hydrogens is 443 g/mol. The molecule has 2 saturated carbocycles. The lowest BCUT2D eigenvalue weighted by molar-refractivity contribution is -0.149. The van der Waals surface area contributed by atoms with Crippen molar-refractivity contribution >= 4 is 40.9 Å². The van der Waals surface area contributed by atoms with Gasteiger partial charge in [-0.1, -0.05) is 23.5 Å². The summed E-state index contributed by atoms with van der Waals surface area (Å²) in [5.41, 5.74) is 0.886. The third-order valence-electron chi connectivity index (χ3n) is 7.34. The van der Waals surface area contributed by atoms with Gasteiger partial charge in [0.2, 0.25) is 11.8 Å². The molecule has 1 saturated heterocycles. The molecule has 3 heterocycles. The number of carbonyl (C=O) groups excluding carboxylic acids is 2. The van der Waals surface area contributed by atoms with E-state index in [-0.39, 0.29) is 51.4 Å². The van der Waals surface area contributed by atoms with Gasteiger partial charge in [0.25, 0.3) is 0 Å². The molecule has 6 rings (SSSR count). The van der Waals surface area contributed by atoms with Crippen LogP contribution in [-0.2, 0) is 14.4 Å². The Kier molecular flexibility index (Phi) is 4.05. The highest BCUT2D eigenvalue weighted by molar-refractivity contribution is 8.00. The SMILES string of the molecule is O=C(O)CN1C(=O)[C@@H]2[C@H]3C[C@@H]([C@@H]2C1=O)[C@@H]1[C@H](c2ccc(F)cc2)c2sc(=O)[nH]c2S[C@H]31. The monoisotopic (exact) mass is 460 g/mol. The predicted molar refractivity (Wildman–Crippen MR) is 109 cm³/mol. The molecule has 2 aliphatic carbocycles. The maximum Gasteiger partial charge on any atom is 0.323 e. The Morgan fingerprint density at radius 1 is 1.13 bits per heavy atom. The second-order valence-corrected chi connectivity index (χ2v) is 10.9. The number of halogens is 1. The summed E-state index contributed by atoms with van der Waals surface area (Å²) >= 11 is 2.71. The van der Waals surface area contributed by atoms with Crippen molar-refractivity contribution in [3.63, 3.8) is 0 Å². The first kappa shape index (κ1) is 19.2. The number of H-pyrrole nitrogens is 1. The van der Waals surface area contributed by atoms with Crippen LogP contribution in [0, 0.1) is 35.4 Å². The minimum atomic E-state index is -1.20. The molecule has 7 atom stereocenters. The van der Waals surface area contributed by atoms with Gasteiger partial charge < -0.3 is 10.1 Å². The first-order chi connectivity index (χ1) is 14.8. The van der Waals surface area contributed by atoms with Crippen LogP contribution < -0.4 is 4.87 Å². The van der Waals surface area contributed by atoms with Gasteiger partial charge >= 0.3 is 10.8 Å². The maximum absolute atomic E-state index is 13.6. The highest BCUT2D eigenvalue weighted by Gasteiger charge is 2.69. The number of hydrogen-bond donors (Lipinski definition) is 2. The molecular formula is C21H17FN2O5S2.